The molecule has 1 aliphatic heterocycles. The van der Waals surface area contributed by atoms with Gasteiger partial charge in [-0.25, -0.2) is 9.78 Å². The van der Waals surface area contributed by atoms with Crippen LogP contribution in [-0.2, 0) is 4.79 Å². The van der Waals surface area contributed by atoms with Crippen molar-refractivity contribution in [2.75, 3.05) is 37.0 Å². The Hall–Kier alpha value is -2.61. The number of thiazole rings is 1. The van der Waals surface area contributed by atoms with Crippen LogP contribution in [-0.4, -0.2) is 48.6 Å². The highest BCUT2D eigenvalue weighted by molar-refractivity contribution is 7.13. The summed E-state index contributed by atoms with van der Waals surface area (Å²) in [5, 5.41) is 4.99. The first kappa shape index (κ1) is 15.3. The summed E-state index contributed by atoms with van der Waals surface area (Å²) < 4.78 is 5.29. The van der Waals surface area contributed by atoms with Crippen molar-refractivity contribution in [3.8, 4) is 5.75 Å². The first-order valence-electron chi connectivity index (χ1n) is 7.08. The van der Waals surface area contributed by atoms with E-state index in [0.717, 1.165) is 0 Å². The number of rotatable bonds is 5. The number of amides is 3. The van der Waals surface area contributed by atoms with E-state index < -0.39 is 0 Å². The monoisotopic (exact) mass is 332 g/mol. The van der Waals surface area contributed by atoms with Crippen LogP contribution in [0.3, 0.4) is 0 Å². The maximum Gasteiger partial charge on any atom is 0.325 e. The molecule has 0 spiro atoms. The third-order valence-corrected chi connectivity index (χ3v) is 4.17. The summed E-state index contributed by atoms with van der Waals surface area (Å²) in [5.74, 6) is 0.380. The van der Waals surface area contributed by atoms with Crippen molar-refractivity contribution >= 4 is 34.1 Å². The normalized spacial score (nSPS) is 14.2. The number of benzene rings is 1. The first-order chi connectivity index (χ1) is 11.2. The van der Waals surface area contributed by atoms with Crippen LogP contribution in [0.25, 0.3) is 0 Å². The van der Waals surface area contributed by atoms with Crippen molar-refractivity contribution in [3.63, 3.8) is 0 Å². The molecular formula is C15H16N4O3S. The zero-order chi connectivity index (χ0) is 16.2. The van der Waals surface area contributed by atoms with Gasteiger partial charge in [0.15, 0.2) is 5.13 Å². The fourth-order valence-electron chi connectivity index (χ4n) is 2.42. The van der Waals surface area contributed by atoms with Gasteiger partial charge < -0.3 is 15.0 Å². The third-order valence-electron chi connectivity index (χ3n) is 3.48. The second-order valence-electron chi connectivity index (χ2n) is 4.91. The van der Waals surface area contributed by atoms with E-state index in [9.17, 15) is 9.59 Å². The highest BCUT2D eigenvalue weighted by Gasteiger charge is 2.32. The van der Waals surface area contributed by atoms with Gasteiger partial charge >= 0.3 is 6.03 Å². The molecule has 1 aliphatic rings. The highest BCUT2D eigenvalue weighted by Crippen LogP contribution is 2.30. The van der Waals surface area contributed by atoms with E-state index in [1.165, 1.54) is 16.2 Å². The SMILES string of the molecule is COc1ccccc1N1CCN(CC(=O)Nc2nccs2)C1=O. The number of carbonyl (C=O) groups is 2. The van der Waals surface area contributed by atoms with E-state index in [1.54, 1.807) is 29.7 Å². The molecule has 0 bridgehead atoms. The predicted molar refractivity (Wildman–Crippen MR) is 88.1 cm³/mol. The predicted octanol–water partition coefficient (Wildman–Crippen LogP) is 2.03. The standard InChI is InChI=1S/C15H16N4O3S/c1-22-12-5-3-2-4-11(12)19-8-7-18(15(19)21)10-13(20)17-14-16-6-9-23-14/h2-6,9H,7-8,10H2,1H3,(H,16,17,20). The summed E-state index contributed by atoms with van der Waals surface area (Å²) in [6.07, 6.45) is 1.62. The summed E-state index contributed by atoms with van der Waals surface area (Å²) in [7, 11) is 1.57. The average Bonchev–Trinajstić information content (AvgIpc) is 3.18. The number of methoxy groups -OCH3 is 1. The molecule has 23 heavy (non-hydrogen) atoms. The van der Waals surface area contributed by atoms with Crippen LogP contribution in [0.5, 0.6) is 5.75 Å². The van der Waals surface area contributed by atoms with Gasteiger partial charge in [-0.2, -0.15) is 0 Å². The Labute approximate surface area is 137 Å². The second kappa shape index (κ2) is 6.66. The molecule has 3 rings (SSSR count). The topological polar surface area (TPSA) is 74.8 Å². The van der Waals surface area contributed by atoms with Crippen LogP contribution in [0.1, 0.15) is 0 Å². The molecular weight excluding hydrogens is 316 g/mol. The van der Waals surface area contributed by atoms with E-state index in [-0.39, 0.29) is 18.5 Å². The van der Waals surface area contributed by atoms with E-state index in [2.05, 4.69) is 10.3 Å². The Morgan fingerprint density at radius 2 is 2.22 bits per heavy atom. The quantitative estimate of drug-likeness (QED) is 0.909. The lowest BCUT2D eigenvalue weighted by molar-refractivity contribution is -0.116. The molecule has 1 saturated heterocycles. The number of urea groups is 1. The molecule has 0 unspecified atom stereocenters. The van der Waals surface area contributed by atoms with E-state index >= 15 is 0 Å². The van der Waals surface area contributed by atoms with Gasteiger partial charge in [-0.15, -0.1) is 11.3 Å². The smallest absolute Gasteiger partial charge is 0.325 e. The molecule has 2 heterocycles. The Bertz CT molecular complexity index is 705. The Balaban J connectivity index is 1.66. The number of carbonyl (C=O) groups excluding carboxylic acids is 2. The van der Waals surface area contributed by atoms with Crippen molar-refractivity contribution in [2.45, 2.75) is 0 Å². The van der Waals surface area contributed by atoms with E-state index in [1.807, 2.05) is 18.2 Å². The molecule has 3 amide bonds. The van der Waals surface area contributed by atoms with Crippen molar-refractivity contribution in [2.24, 2.45) is 0 Å². The van der Waals surface area contributed by atoms with Gasteiger partial charge in [-0.1, -0.05) is 12.1 Å². The minimum absolute atomic E-state index is 0.00403. The van der Waals surface area contributed by atoms with Crippen LogP contribution in [0, 0.1) is 0 Å². The minimum Gasteiger partial charge on any atom is -0.495 e. The van der Waals surface area contributed by atoms with Gasteiger partial charge in [0.25, 0.3) is 0 Å². The molecule has 0 atom stereocenters. The Morgan fingerprint density at radius 3 is 2.96 bits per heavy atom. The van der Waals surface area contributed by atoms with Crippen molar-refractivity contribution < 1.29 is 14.3 Å². The summed E-state index contributed by atoms with van der Waals surface area (Å²) in [5.41, 5.74) is 0.711. The number of nitrogens with zero attached hydrogens (tertiary/aromatic N) is 3. The maximum atomic E-state index is 12.5. The van der Waals surface area contributed by atoms with Gasteiger partial charge in [0.1, 0.15) is 12.3 Å². The number of para-hydroxylation sites is 2. The van der Waals surface area contributed by atoms with Crippen molar-refractivity contribution in [3.05, 3.63) is 35.8 Å². The fraction of sp³-hybridized carbons (Fsp3) is 0.267. The van der Waals surface area contributed by atoms with E-state index in [4.69, 9.17) is 4.74 Å². The van der Waals surface area contributed by atoms with E-state index in [0.29, 0.717) is 29.7 Å². The lowest BCUT2D eigenvalue weighted by atomic mass is 10.2. The third kappa shape index (κ3) is 3.26. The zero-order valence-electron chi connectivity index (χ0n) is 12.6. The largest absolute Gasteiger partial charge is 0.495 e. The number of nitrogens with one attached hydrogen (secondary N) is 1. The molecule has 1 fully saturated rings. The number of hydrogen-bond donors (Lipinski definition) is 1. The molecule has 0 aliphatic carbocycles. The molecule has 1 N–H and O–H groups in total. The van der Waals surface area contributed by atoms with Crippen molar-refractivity contribution in [1.29, 1.82) is 0 Å². The summed E-state index contributed by atoms with van der Waals surface area (Å²) in [6.45, 7) is 1.01. The van der Waals surface area contributed by atoms with Gasteiger partial charge in [-0.05, 0) is 12.1 Å². The molecule has 1 aromatic carbocycles. The van der Waals surface area contributed by atoms with Crippen LogP contribution in [0.15, 0.2) is 35.8 Å². The second-order valence-corrected chi connectivity index (χ2v) is 5.81. The van der Waals surface area contributed by atoms with Crippen LogP contribution in [0.2, 0.25) is 0 Å². The zero-order valence-corrected chi connectivity index (χ0v) is 13.4. The molecule has 0 radical (unpaired) electrons. The number of ether oxygens (including phenoxy) is 1. The summed E-state index contributed by atoms with van der Waals surface area (Å²) >= 11 is 1.34. The number of anilines is 2. The molecule has 2 aromatic rings. The molecule has 1 aromatic heterocycles. The lowest BCUT2D eigenvalue weighted by Gasteiger charge is -2.20. The van der Waals surface area contributed by atoms with Crippen LogP contribution >= 0.6 is 11.3 Å². The maximum absolute atomic E-state index is 12.5. The first-order valence-corrected chi connectivity index (χ1v) is 7.96. The fourth-order valence-corrected chi connectivity index (χ4v) is 2.97. The number of aromatic nitrogens is 1. The van der Waals surface area contributed by atoms with Gasteiger partial charge in [0.05, 0.1) is 12.8 Å². The molecule has 0 saturated carbocycles. The summed E-state index contributed by atoms with van der Waals surface area (Å²) in [4.78, 5) is 31.6. The van der Waals surface area contributed by atoms with Crippen LogP contribution in [0.4, 0.5) is 15.6 Å². The van der Waals surface area contributed by atoms with Gasteiger partial charge in [0.2, 0.25) is 5.91 Å². The molecule has 7 nitrogen and oxygen atoms in total. The van der Waals surface area contributed by atoms with Gasteiger partial charge in [-0.3, -0.25) is 9.69 Å². The lowest BCUT2D eigenvalue weighted by Crippen LogP contribution is -2.37. The molecule has 8 heteroatoms. The highest BCUT2D eigenvalue weighted by atomic mass is 32.1. The van der Waals surface area contributed by atoms with Crippen molar-refractivity contribution in [1.82, 2.24) is 9.88 Å². The van der Waals surface area contributed by atoms with Gasteiger partial charge in [0, 0.05) is 24.7 Å². The Kier molecular flexibility index (Phi) is 4.42. The number of hydrogen-bond acceptors (Lipinski definition) is 5. The average molecular weight is 332 g/mol. The Morgan fingerprint density at radius 1 is 1.39 bits per heavy atom. The van der Waals surface area contributed by atoms with Crippen LogP contribution < -0.4 is 15.0 Å². The minimum atomic E-state index is -0.254. The molecule has 120 valence electrons. The summed E-state index contributed by atoms with van der Waals surface area (Å²) in [6, 6.07) is 7.13.